The zero-order valence-electron chi connectivity index (χ0n) is 21.9. The standard InChI is InChI=1S/2C6H2S2.12CH3.4Sn/c2*1-3-7-6-2-4-8-5(1)6;;;;;;;;;;;;;;;;/h2*1-2H;12*1H3;;;;. The van der Waals surface area contributed by atoms with Crippen molar-refractivity contribution in [1.82, 2.24) is 0 Å². The molecular weight excluding hydrogens is 891 g/mol. The molecule has 32 heavy (non-hydrogen) atoms. The van der Waals surface area contributed by atoms with Crippen LogP contribution in [0.3, 0.4) is 0 Å². The fourth-order valence-electron chi connectivity index (χ4n) is 3.15. The molecule has 0 aliphatic heterocycles. The SMILES string of the molecule is [CH3][Sn]([CH3])([CH3])[c]1cc2s[c]([Sn]([CH3])([CH3])[CH3])cc2s1.[CH3][Sn]([CH3])([CH3])[c]1cc2s[c]([Sn]([CH3])([CH3])[CH3])cc2s1. The third-order valence-corrected chi connectivity index (χ3v) is 47.7. The van der Waals surface area contributed by atoms with Crippen LogP contribution in [0, 0.1) is 0 Å². The Balaban J connectivity index is 0.000000181. The molecular formula is C24H40S4Sn4. The zero-order valence-corrected chi connectivity index (χ0v) is 36.6. The van der Waals surface area contributed by atoms with Gasteiger partial charge in [-0.3, -0.25) is 0 Å². The van der Waals surface area contributed by atoms with Crippen LogP contribution in [0.4, 0.5) is 0 Å². The molecule has 0 unspecified atom stereocenters. The average Bonchev–Trinajstić information content (AvgIpc) is 3.29. The van der Waals surface area contributed by atoms with Crippen LogP contribution in [0.1, 0.15) is 0 Å². The first kappa shape index (κ1) is 29.1. The Bertz CT molecular complexity index is 965. The van der Waals surface area contributed by atoms with E-state index in [1.807, 2.05) is 0 Å². The van der Waals surface area contributed by atoms with E-state index in [1.54, 1.807) is 30.4 Å². The van der Waals surface area contributed by atoms with Crippen LogP contribution in [0.2, 0.25) is 59.3 Å². The van der Waals surface area contributed by atoms with Crippen LogP contribution < -0.4 is 11.6 Å². The summed E-state index contributed by atoms with van der Waals surface area (Å²) in [5.74, 6) is 0. The molecule has 0 radical (unpaired) electrons. The van der Waals surface area contributed by atoms with Crippen LogP contribution in [0.25, 0.3) is 18.8 Å². The van der Waals surface area contributed by atoms with Gasteiger partial charge in [-0.05, 0) is 0 Å². The van der Waals surface area contributed by atoms with Crippen molar-refractivity contribution in [3.8, 4) is 0 Å². The van der Waals surface area contributed by atoms with Gasteiger partial charge in [0.2, 0.25) is 0 Å². The molecule has 0 nitrogen and oxygen atoms in total. The fourth-order valence-corrected chi connectivity index (χ4v) is 30.2. The molecule has 0 aliphatic carbocycles. The minimum absolute atomic E-state index is 1.56. The van der Waals surface area contributed by atoms with Crippen molar-refractivity contribution in [2.24, 2.45) is 0 Å². The normalized spacial score (nSPS) is 13.6. The molecule has 4 rings (SSSR count). The first-order valence-electron chi connectivity index (χ1n) is 11.4. The first-order chi connectivity index (χ1) is 14.4. The summed E-state index contributed by atoms with van der Waals surface area (Å²) in [5, 5.41) is 0. The molecule has 0 fully saturated rings. The van der Waals surface area contributed by atoms with Gasteiger partial charge in [0.25, 0.3) is 0 Å². The van der Waals surface area contributed by atoms with E-state index in [9.17, 15) is 0 Å². The zero-order chi connectivity index (χ0) is 24.3. The van der Waals surface area contributed by atoms with Crippen molar-refractivity contribution in [3.63, 3.8) is 0 Å². The van der Waals surface area contributed by atoms with Gasteiger partial charge in [-0.25, -0.2) is 0 Å². The van der Waals surface area contributed by atoms with Gasteiger partial charge in [0.1, 0.15) is 0 Å². The summed E-state index contributed by atoms with van der Waals surface area (Å²) in [6, 6.07) is 10.0. The average molecular weight is 932 g/mol. The Morgan fingerprint density at radius 2 is 0.500 bits per heavy atom. The molecule has 0 saturated heterocycles. The molecule has 0 atom stereocenters. The van der Waals surface area contributed by atoms with E-state index in [0.717, 1.165) is 0 Å². The number of fused-ring (bicyclic) bond motifs is 2. The second-order valence-corrected chi connectivity index (χ2v) is 78.9. The molecule has 0 spiro atoms. The van der Waals surface area contributed by atoms with Crippen molar-refractivity contribution >= 4 is 149 Å². The molecule has 176 valence electrons. The number of hydrogen-bond donors (Lipinski definition) is 0. The second-order valence-electron chi connectivity index (χ2n) is 12.9. The number of thiophene rings is 4. The Labute approximate surface area is 228 Å². The van der Waals surface area contributed by atoms with E-state index in [4.69, 9.17) is 0 Å². The molecule has 0 aliphatic rings. The Morgan fingerprint density at radius 3 is 0.625 bits per heavy atom. The van der Waals surface area contributed by atoms with Gasteiger partial charge >= 0.3 is 233 Å². The van der Waals surface area contributed by atoms with Gasteiger partial charge in [-0.15, -0.1) is 0 Å². The summed E-state index contributed by atoms with van der Waals surface area (Å²) < 4.78 is 13.2. The second kappa shape index (κ2) is 10.3. The van der Waals surface area contributed by atoms with Crippen molar-refractivity contribution in [1.29, 1.82) is 0 Å². The van der Waals surface area contributed by atoms with Crippen LogP contribution in [0.15, 0.2) is 24.3 Å². The van der Waals surface area contributed by atoms with E-state index >= 15 is 0 Å². The molecule has 8 heteroatoms. The predicted molar refractivity (Wildman–Crippen MR) is 171 cm³/mol. The Hall–Kier alpha value is 2.51. The monoisotopic (exact) mass is 936 g/mol. The maximum atomic E-state index is 2.51. The van der Waals surface area contributed by atoms with Gasteiger partial charge in [-0.1, -0.05) is 0 Å². The Kier molecular flexibility index (Phi) is 9.40. The molecule has 0 saturated carbocycles. The molecule has 4 heterocycles. The van der Waals surface area contributed by atoms with Gasteiger partial charge < -0.3 is 0 Å². The summed E-state index contributed by atoms with van der Waals surface area (Å²) in [7, 11) is 0. The predicted octanol–water partition coefficient (Wildman–Crippen LogP) is 8.11. The topological polar surface area (TPSA) is 0 Å². The first-order valence-corrected chi connectivity index (χ1v) is 54.7. The summed E-state index contributed by atoms with van der Waals surface area (Å²) in [4.78, 5) is 30.1. The van der Waals surface area contributed by atoms with Gasteiger partial charge in [0.05, 0.1) is 0 Å². The Morgan fingerprint density at radius 1 is 0.344 bits per heavy atom. The summed E-state index contributed by atoms with van der Waals surface area (Å²) in [5.41, 5.74) is 0. The van der Waals surface area contributed by atoms with Crippen molar-refractivity contribution in [2.45, 2.75) is 59.3 Å². The van der Waals surface area contributed by atoms with Gasteiger partial charge in [0.15, 0.2) is 0 Å². The van der Waals surface area contributed by atoms with Gasteiger partial charge in [-0.2, -0.15) is 0 Å². The maximum absolute atomic E-state index is 2.51. The molecule has 0 amide bonds. The van der Waals surface area contributed by atoms with Crippen LogP contribution in [-0.4, -0.2) is 73.5 Å². The van der Waals surface area contributed by atoms with E-state index < -0.39 is 73.5 Å². The third kappa shape index (κ3) is 7.30. The third-order valence-electron chi connectivity index (χ3n) is 5.37. The van der Waals surface area contributed by atoms with Crippen LogP contribution in [-0.2, 0) is 0 Å². The van der Waals surface area contributed by atoms with E-state index in [0.29, 0.717) is 0 Å². The summed E-state index contributed by atoms with van der Waals surface area (Å²) in [6.45, 7) is 0. The fraction of sp³-hybridized carbons (Fsp3) is 0.500. The van der Waals surface area contributed by atoms with E-state index in [-0.39, 0.29) is 0 Å². The van der Waals surface area contributed by atoms with Crippen LogP contribution >= 0.6 is 45.3 Å². The van der Waals surface area contributed by atoms with E-state index in [1.165, 1.54) is 0 Å². The minimum atomic E-state index is -1.82. The molecule has 4 aromatic rings. The van der Waals surface area contributed by atoms with Crippen LogP contribution in [0.5, 0.6) is 0 Å². The molecule has 0 N–H and O–H groups in total. The molecule has 0 bridgehead atoms. The molecule has 0 aromatic carbocycles. The quantitative estimate of drug-likeness (QED) is 0.182. The summed E-state index contributed by atoms with van der Waals surface area (Å²) in [6.07, 6.45) is 0. The van der Waals surface area contributed by atoms with Gasteiger partial charge in [0, 0.05) is 0 Å². The summed E-state index contributed by atoms with van der Waals surface area (Å²) >= 11 is 1.04. The number of rotatable bonds is 4. The van der Waals surface area contributed by atoms with Crippen molar-refractivity contribution in [2.75, 3.05) is 0 Å². The van der Waals surface area contributed by atoms with E-state index in [2.05, 4.69) is 129 Å². The van der Waals surface area contributed by atoms with Crippen molar-refractivity contribution in [3.05, 3.63) is 24.3 Å². The number of hydrogen-bond acceptors (Lipinski definition) is 4. The molecule has 4 aromatic heterocycles. The van der Waals surface area contributed by atoms with Crippen molar-refractivity contribution < 1.29 is 0 Å².